The molecule has 94 valence electrons. The molecule has 0 saturated carbocycles. The minimum absolute atomic E-state index is 0.00868. The van der Waals surface area contributed by atoms with Gasteiger partial charge in [0.05, 0.1) is 6.33 Å². The molecule has 1 aromatic heterocycles. The molecule has 1 heterocycles. The third-order valence-corrected chi connectivity index (χ3v) is 4.12. The maximum absolute atomic E-state index is 12.3. The summed E-state index contributed by atoms with van der Waals surface area (Å²) in [6.45, 7) is 7.44. The summed E-state index contributed by atoms with van der Waals surface area (Å²) in [6.07, 6.45) is 4.38. The SMILES string of the molecule is C=CCN(CC=C)S(=O)(=O)c1c(N)ncn1C. The summed E-state index contributed by atoms with van der Waals surface area (Å²) in [5, 5.41) is -0.0128. The Balaban J connectivity index is 3.25. The predicted octanol–water partition coefficient (Wildman–Crippen LogP) is 0.365. The minimum atomic E-state index is -3.68. The first kappa shape index (κ1) is 13.5. The lowest BCUT2D eigenvalue weighted by atomic mass is 10.5. The van der Waals surface area contributed by atoms with Gasteiger partial charge in [0.2, 0.25) is 0 Å². The van der Waals surface area contributed by atoms with Gasteiger partial charge in [-0.2, -0.15) is 4.31 Å². The summed E-state index contributed by atoms with van der Waals surface area (Å²) in [5.41, 5.74) is 5.57. The predicted molar refractivity (Wildman–Crippen MR) is 66.8 cm³/mol. The molecule has 0 aliphatic rings. The molecule has 0 aliphatic carbocycles. The molecule has 0 bridgehead atoms. The van der Waals surface area contributed by atoms with Crippen molar-refractivity contribution >= 4 is 15.8 Å². The van der Waals surface area contributed by atoms with Crippen molar-refractivity contribution < 1.29 is 8.42 Å². The number of aryl methyl sites for hydroxylation is 1. The summed E-state index contributed by atoms with van der Waals surface area (Å²) < 4.78 is 27.2. The lowest BCUT2D eigenvalue weighted by Crippen LogP contribution is -2.33. The highest BCUT2D eigenvalue weighted by molar-refractivity contribution is 7.89. The van der Waals surface area contributed by atoms with Crippen molar-refractivity contribution in [3.63, 3.8) is 0 Å². The maximum atomic E-state index is 12.3. The molecular weight excluding hydrogens is 240 g/mol. The van der Waals surface area contributed by atoms with Gasteiger partial charge in [-0.1, -0.05) is 12.2 Å². The summed E-state index contributed by atoms with van der Waals surface area (Å²) in [7, 11) is -2.10. The highest BCUT2D eigenvalue weighted by atomic mass is 32.2. The van der Waals surface area contributed by atoms with Crippen molar-refractivity contribution in [1.82, 2.24) is 13.9 Å². The quantitative estimate of drug-likeness (QED) is 0.745. The summed E-state index contributed by atoms with van der Waals surface area (Å²) in [6, 6.07) is 0. The third kappa shape index (κ3) is 2.56. The third-order valence-electron chi connectivity index (χ3n) is 2.16. The van der Waals surface area contributed by atoms with Gasteiger partial charge in [-0.15, -0.1) is 13.2 Å². The Labute approximate surface area is 101 Å². The number of aromatic nitrogens is 2. The van der Waals surface area contributed by atoms with Crippen molar-refractivity contribution in [2.45, 2.75) is 5.03 Å². The molecule has 0 aliphatic heterocycles. The van der Waals surface area contributed by atoms with E-state index in [1.807, 2.05) is 0 Å². The van der Waals surface area contributed by atoms with E-state index in [9.17, 15) is 8.42 Å². The van der Waals surface area contributed by atoms with Crippen molar-refractivity contribution in [3.8, 4) is 0 Å². The van der Waals surface area contributed by atoms with Crippen molar-refractivity contribution in [1.29, 1.82) is 0 Å². The molecule has 17 heavy (non-hydrogen) atoms. The number of anilines is 1. The second-order valence-corrected chi connectivity index (χ2v) is 5.30. The standard InChI is InChI=1S/C10H16N4O2S/c1-4-6-14(7-5-2)17(15,16)10-9(11)12-8-13(10)3/h4-5,8H,1-2,6-7,11H2,3H3. The number of nitrogen functional groups attached to an aromatic ring is 1. The highest BCUT2D eigenvalue weighted by Gasteiger charge is 2.28. The van der Waals surface area contributed by atoms with Gasteiger partial charge in [0, 0.05) is 20.1 Å². The van der Waals surface area contributed by atoms with E-state index in [2.05, 4.69) is 18.1 Å². The molecule has 0 aromatic carbocycles. The van der Waals surface area contributed by atoms with Crippen LogP contribution in [0.2, 0.25) is 0 Å². The Morgan fingerprint density at radius 2 is 2.00 bits per heavy atom. The Morgan fingerprint density at radius 1 is 1.47 bits per heavy atom. The van der Waals surface area contributed by atoms with Crippen LogP contribution in [0.1, 0.15) is 0 Å². The van der Waals surface area contributed by atoms with Crippen LogP contribution >= 0.6 is 0 Å². The molecule has 0 fully saturated rings. The Hall–Kier alpha value is -1.60. The van der Waals surface area contributed by atoms with E-state index < -0.39 is 10.0 Å². The lowest BCUT2D eigenvalue weighted by molar-refractivity contribution is 0.468. The summed E-state index contributed by atoms with van der Waals surface area (Å²) >= 11 is 0. The fraction of sp³-hybridized carbons (Fsp3) is 0.300. The zero-order valence-corrected chi connectivity index (χ0v) is 10.5. The fourth-order valence-corrected chi connectivity index (χ4v) is 3.01. The molecule has 0 atom stereocenters. The lowest BCUT2D eigenvalue weighted by Gasteiger charge is -2.19. The molecule has 2 N–H and O–H groups in total. The molecule has 0 radical (unpaired) electrons. The van der Waals surface area contributed by atoms with Crippen LogP contribution < -0.4 is 5.73 Å². The summed E-state index contributed by atoms with van der Waals surface area (Å²) in [4.78, 5) is 3.77. The van der Waals surface area contributed by atoms with Gasteiger partial charge < -0.3 is 10.3 Å². The highest BCUT2D eigenvalue weighted by Crippen LogP contribution is 2.20. The number of hydrogen-bond donors (Lipinski definition) is 1. The van der Waals surface area contributed by atoms with E-state index in [0.717, 1.165) is 0 Å². The number of imidazole rings is 1. The smallest absolute Gasteiger partial charge is 0.263 e. The first-order chi connectivity index (χ1) is 7.95. The number of rotatable bonds is 6. The van der Waals surface area contributed by atoms with Gasteiger partial charge in [0.1, 0.15) is 0 Å². The molecule has 7 heteroatoms. The van der Waals surface area contributed by atoms with E-state index in [1.165, 1.54) is 27.4 Å². The topological polar surface area (TPSA) is 81.2 Å². The van der Waals surface area contributed by atoms with Gasteiger partial charge in [-0.25, -0.2) is 13.4 Å². The molecule has 1 rings (SSSR count). The first-order valence-corrected chi connectivity index (χ1v) is 6.38. The van der Waals surface area contributed by atoms with Crippen molar-refractivity contribution in [3.05, 3.63) is 31.6 Å². The minimum Gasteiger partial charge on any atom is -0.381 e. The van der Waals surface area contributed by atoms with Crippen LogP contribution in [-0.4, -0.2) is 35.4 Å². The van der Waals surface area contributed by atoms with E-state index in [4.69, 9.17) is 5.73 Å². The molecule has 6 nitrogen and oxygen atoms in total. The van der Waals surface area contributed by atoms with Crippen LogP contribution in [-0.2, 0) is 17.1 Å². The van der Waals surface area contributed by atoms with Gasteiger partial charge in [-0.3, -0.25) is 0 Å². The molecule has 0 spiro atoms. The largest absolute Gasteiger partial charge is 0.381 e. The van der Waals surface area contributed by atoms with Crippen LogP contribution in [0.15, 0.2) is 36.7 Å². The van der Waals surface area contributed by atoms with Gasteiger partial charge in [0.15, 0.2) is 10.8 Å². The molecule has 0 unspecified atom stereocenters. The van der Waals surface area contributed by atoms with Crippen LogP contribution in [0, 0.1) is 0 Å². The number of nitrogens with two attached hydrogens (primary N) is 1. The van der Waals surface area contributed by atoms with Crippen LogP contribution in [0.3, 0.4) is 0 Å². The second kappa shape index (κ2) is 5.15. The Bertz CT molecular complexity index is 489. The van der Waals surface area contributed by atoms with Gasteiger partial charge >= 0.3 is 0 Å². The number of hydrogen-bond acceptors (Lipinski definition) is 4. The normalized spacial score (nSPS) is 11.6. The average Bonchev–Trinajstić information content (AvgIpc) is 2.58. The van der Waals surface area contributed by atoms with Gasteiger partial charge in [0.25, 0.3) is 10.0 Å². The second-order valence-electron chi connectivity index (χ2n) is 3.45. The fourth-order valence-electron chi connectivity index (χ4n) is 1.43. The van der Waals surface area contributed by atoms with E-state index in [1.54, 1.807) is 7.05 Å². The van der Waals surface area contributed by atoms with Crippen molar-refractivity contribution in [2.24, 2.45) is 7.05 Å². The van der Waals surface area contributed by atoms with Gasteiger partial charge in [-0.05, 0) is 0 Å². The average molecular weight is 256 g/mol. The van der Waals surface area contributed by atoms with Crippen LogP contribution in [0.25, 0.3) is 0 Å². The van der Waals surface area contributed by atoms with E-state index in [0.29, 0.717) is 0 Å². The monoisotopic (exact) mass is 256 g/mol. The molecular formula is C10H16N4O2S. The maximum Gasteiger partial charge on any atom is 0.263 e. The molecule has 0 saturated heterocycles. The summed E-state index contributed by atoms with van der Waals surface area (Å²) in [5.74, 6) is -0.00868. The van der Waals surface area contributed by atoms with E-state index in [-0.39, 0.29) is 23.9 Å². The zero-order valence-electron chi connectivity index (χ0n) is 9.70. The molecule has 1 aromatic rings. The zero-order chi connectivity index (χ0) is 13.1. The Kier molecular flexibility index (Phi) is 4.08. The van der Waals surface area contributed by atoms with Crippen LogP contribution in [0.5, 0.6) is 0 Å². The number of nitrogens with zero attached hydrogens (tertiary/aromatic N) is 3. The number of sulfonamides is 1. The van der Waals surface area contributed by atoms with Crippen molar-refractivity contribution in [2.75, 3.05) is 18.8 Å². The van der Waals surface area contributed by atoms with Crippen LogP contribution in [0.4, 0.5) is 5.82 Å². The molecule has 0 amide bonds. The van der Waals surface area contributed by atoms with E-state index >= 15 is 0 Å². The Morgan fingerprint density at radius 3 is 2.35 bits per heavy atom. The first-order valence-electron chi connectivity index (χ1n) is 4.93.